The lowest BCUT2D eigenvalue weighted by Gasteiger charge is -2.11. The first-order valence-corrected chi connectivity index (χ1v) is 10.4. The van der Waals surface area contributed by atoms with Gasteiger partial charge >= 0.3 is 0 Å². The number of aliphatic imine (C=N–C) groups is 1. The Hall–Kier alpha value is -1.55. The van der Waals surface area contributed by atoms with Crippen molar-refractivity contribution < 1.29 is 9.47 Å². The van der Waals surface area contributed by atoms with Crippen LogP contribution < -0.4 is 20.1 Å². The van der Waals surface area contributed by atoms with Crippen molar-refractivity contribution in [2.75, 3.05) is 19.8 Å². The molecule has 0 radical (unpaired) electrons. The number of nitrogens with zero attached hydrogens (tertiary/aromatic N) is 2. The standard InChI is InChI=1S/C20H28N4O2S.HI/c1-4-21-20(23-12-19-24-16(13-27-19)14(2)3)22-11-15-6-7-17-18(10-15)26-9-5-8-25-17;/h6-7,10,13-14H,4-5,8-9,11-12H2,1-3H3,(H2,21,22,23);1H. The van der Waals surface area contributed by atoms with Gasteiger partial charge in [-0.25, -0.2) is 9.98 Å². The fourth-order valence-electron chi connectivity index (χ4n) is 2.65. The molecule has 2 heterocycles. The van der Waals surface area contributed by atoms with Crippen molar-refractivity contribution in [3.63, 3.8) is 0 Å². The second-order valence-corrected chi connectivity index (χ2v) is 7.64. The summed E-state index contributed by atoms with van der Waals surface area (Å²) in [5.41, 5.74) is 2.23. The zero-order chi connectivity index (χ0) is 19.1. The van der Waals surface area contributed by atoms with Crippen molar-refractivity contribution in [3.8, 4) is 11.5 Å². The highest BCUT2D eigenvalue weighted by molar-refractivity contribution is 14.0. The number of hydrogen-bond donors (Lipinski definition) is 2. The normalized spacial score (nSPS) is 13.6. The Balaban J connectivity index is 0.00000280. The maximum Gasteiger partial charge on any atom is 0.191 e. The molecule has 0 unspecified atom stereocenters. The number of aromatic nitrogens is 1. The van der Waals surface area contributed by atoms with Crippen molar-refractivity contribution in [2.45, 2.75) is 46.2 Å². The lowest BCUT2D eigenvalue weighted by atomic mass is 10.2. The molecular weight excluding hydrogens is 487 g/mol. The highest BCUT2D eigenvalue weighted by atomic mass is 127. The Morgan fingerprint density at radius 3 is 2.71 bits per heavy atom. The first-order valence-electron chi connectivity index (χ1n) is 9.50. The van der Waals surface area contributed by atoms with Gasteiger partial charge in [0.25, 0.3) is 0 Å². The molecule has 0 bridgehead atoms. The molecule has 6 nitrogen and oxygen atoms in total. The van der Waals surface area contributed by atoms with Crippen LogP contribution in [0.3, 0.4) is 0 Å². The summed E-state index contributed by atoms with van der Waals surface area (Å²) in [6.07, 6.45) is 0.909. The second-order valence-electron chi connectivity index (χ2n) is 6.70. The minimum Gasteiger partial charge on any atom is -0.490 e. The number of hydrogen-bond acceptors (Lipinski definition) is 5. The van der Waals surface area contributed by atoms with E-state index in [0.717, 1.165) is 46.7 Å². The number of thiazole rings is 1. The molecular formula is C20H29IN4O2S. The van der Waals surface area contributed by atoms with Gasteiger partial charge < -0.3 is 20.1 Å². The summed E-state index contributed by atoms with van der Waals surface area (Å²) in [5, 5.41) is 9.85. The largest absolute Gasteiger partial charge is 0.490 e. The third kappa shape index (κ3) is 6.51. The van der Waals surface area contributed by atoms with Crippen molar-refractivity contribution in [3.05, 3.63) is 39.8 Å². The molecule has 0 spiro atoms. The lowest BCUT2D eigenvalue weighted by Crippen LogP contribution is -2.36. The summed E-state index contributed by atoms with van der Waals surface area (Å²) < 4.78 is 11.4. The zero-order valence-electron chi connectivity index (χ0n) is 16.7. The number of guanidine groups is 1. The number of halogens is 1. The smallest absolute Gasteiger partial charge is 0.191 e. The van der Waals surface area contributed by atoms with Crippen LogP contribution in [0.2, 0.25) is 0 Å². The van der Waals surface area contributed by atoms with E-state index in [9.17, 15) is 0 Å². The molecule has 3 rings (SSSR count). The Morgan fingerprint density at radius 1 is 1.21 bits per heavy atom. The first kappa shape index (κ1) is 22.7. The maximum atomic E-state index is 5.76. The van der Waals surface area contributed by atoms with Crippen molar-refractivity contribution in [2.24, 2.45) is 4.99 Å². The third-order valence-corrected chi connectivity index (χ3v) is 5.01. The Bertz CT molecular complexity index is 779. The van der Waals surface area contributed by atoms with Crippen LogP contribution in [0.25, 0.3) is 0 Å². The molecule has 0 amide bonds. The van der Waals surface area contributed by atoms with Crippen LogP contribution in [0.4, 0.5) is 0 Å². The van der Waals surface area contributed by atoms with E-state index in [0.29, 0.717) is 32.2 Å². The number of rotatable bonds is 6. The van der Waals surface area contributed by atoms with Crippen LogP contribution in [-0.4, -0.2) is 30.7 Å². The van der Waals surface area contributed by atoms with E-state index in [2.05, 4.69) is 46.8 Å². The summed E-state index contributed by atoms with van der Waals surface area (Å²) in [5.74, 6) is 2.86. The van der Waals surface area contributed by atoms with Gasteiger partial charge in [-0.1, -0.05) is 19.9 Å². The molecule has 0 atom stereocenters. The quantitative estimate of drug-likeness (QED) is 0.341. The highest BCUT2D eigenvalue weighted by Gasteiger charge is 2.11. The molecule has 8 heteroatoms. The van der Waals surface area contributed by atoms with Gasteiger partial charge in [0.2, 0.25) is 0 Å². The minimum absolute atomic E-state index is 0. The van der Waals surface area contributed by atoms with E-state index in [1.54, 1.807) is 11.3 Å². The fraction of sp³-hybridized carbons (Fsp3) is 0.500. The molecule has 2 aromatic rings. The Kier molecular flexibility index (Phi) is 9.30. The van der Waals surface area contributed by atoms with Gasteiger partial charge in [0.15, 0.2) is 17.5 Å². The molecule has 28 heavy (non-hydrogen) atoms. The van der Waals surface area contributed by atoms with Gasteiger partial charge in [0, 0.05) is 18.3 Å². The van der Waals surface area contributed by atoms with E-state index < -0.39 is 0 Å². The van der Waals surface area contributed by atoms with Gasteiger partial charge in [-0.3, -0.25) is 0 Å². The molecule has 2 N–H and O–H groups in total. The summed E-state index contributed by atoms with van der Waals surface area (Å²) in [6.45, 7) is 9.82. The lowest BCUT2D eigenvalue weighted by molar-refractivity contribution is 0.297. The Morgan fingerprint density at radius 2 is 2.00 bits per heavy atom. The monoisotopic (exact) mass is 516 g/mol. The van der Waals surface area contributed by atoms with Gasteiger partial charge in [-0.05, 0) is 30.5 Å². The average Bonchev–Trinajstić information content (AvgIpc) is 3.02. The van der Waals surface area contributed by atoms with Gasteiger partial charge in [-0.2, -0.15) is 0 Å². The Labute approximate surface area is 188 Å². The molecule has 1 aromatic heterocycles. The van der Waals surface area contributed by atoms with Crippen LogP contribution in [0.15, 0.2) is 28.6 Å². The zero-order valence-corrected chi connectivity index (χ0v) is 19.8. The molecule has 1 aliphatic rings. The molecule has 0 saturated carbocycles. The summed E-state index contributed by atoms with van der Waals surface area (Å²) in [6, 6.07) is 6.02. The summed E-state index contributed by atoms with van der Waals surface area (Å²) in [7, 11) is 0. The van der Waals surface area contributed by atoms with Crippen LogP contribution in [0, 0.1) is 0 Å². The fourth-order valence-corrected chi connectivity index (χ4v) is 3.54. The molecule has 1 aliphatic heterocycles. The van der Waals surface area contributed by atoms with Crippen LogP contribution in [-0.2, 0) is 13.1 Å². The topological polar surface area (TPSA) is 67.8 Å². The SMILES string of the molecule is CCNC(=NCc1ccc2c(c1)OCCCO2)NCc1nc(C(C)C)cs1.I. The molecule has 1 aromatic carbocycles. The minimum atomic E-state index is 0. The van der Waals surface area contributed by atoms with Gasteiger partial charge in [-0.15, -0.1) is 35.3 Å². The first-order chi connectivity index (χ1) is 13.2. The van der Waals surface area contributed by atoms with Crippen molar-refractivity contribution in [1.29, 1.82) is 0 Å². The summed E-state index contributed by atoms with van der Waals surface area (Å²) >= 11 is 1.68. The summed E-state index contributed by atoms with van der Waals surface area (Å²) in [4.78, 5) is 9.35. The van der Waals surface area contributed by atoms with E-state index in [1.807, 2.05) is 18.2 Å². The van der Waals surface area contributed by atoms with E-state index >= 15 is 0 Å². The van der Waals surface area contributed by atoms with Crippen LogP contribution in [0.1, 0.15) is 49.4 Å². The highest BCUT2D eigenvalue weighted by Crippen LogP contribution is 2.30. The maximum absolute atomic E-state index is 5.76. The number of fused-ring (bicyclic) bond motifs is 1. The molecule has 0 aliphatic carbocycles. The van der Waals surface area contributed by atoms with Gasteiger partial charge in [0.05, 0.1) is 32.0 Å². The van der Waals surface area contributed by atoms with Crippen LogP contribution >= 0.6 is 35.3 Å². The van der Waals surface area contributed by atoms with Crippen molar-refractivity contribution in [1.82, 2.24) is 15.6 Å². The predicted octanol–water partition coefficient (Wildman–Crippen LogP) is 4.30. The third-order valence-electron chi connectivity index (χ3n) is 4.14. The van der Waals surface area contributed by atoms with Crippen LogP contribution in [0.5, 0.6) is 11.5 Å². The second kappa shape index (κ2) is 11.5. The van der Waals surface area contributed by atoms with Crippen molar-refractivity contribution >= 4 is 41.3 Å². The molecule has 0 fully saturated rings. The van der Waals surface area contributed by atoms with E-state index in [4.69, 9.17) is 9.47 Å². The average molecular weight is 516 g/mol. The molecule has 0 saturated heterocycles. The van der Waals surface area contributed by atoms with E-state index in [1.165, 1.54) is 0 Å². The van der Waals surface area contributed by atoms with Gasteiger partial charge in [0.1, 0.15) is 5.01 Å². The number of ether oxygens (including phenoxy) is 2. The predicted molar refractivity (Wildman–Crippen MR) is 125 cm³/mol. The molecule has 154 valence electrons. The van der Waals surface area contributed by atoms with E-state index in [-0.39, 0.29) is 24.0 Å². The number of nitrogens with one attached hydrogen (secondary N) is 2. The number of benzene rings is 1.